The van der Waals surface area contributed by atoms with Gasteiger partial charge in [-0.3, -0.25) is 9.59 Å². The third-order valence-electron chi connectivity index (χ3n) is 3.81. The maximum atomic E-state index is 11.7. The SMILES string of the molecule is CCCCC(CC)COC(=O)CCC(=O)Oc1ccc(C)cc1. The predicted molar refractivity (Wildman–Crippen MR) is 90.3 cm³/mol. The third-order valence-corrected chi connectivity index (χ3v) is 3.81. The minimum Gasteiger partial charge on any atom is -0.465 e. The number of rotatable bonds is 10. The van der Waals surface area contributed by atoms with Crippen LogP contribution in [0.3, 0.4) is 0 Å². The first kappa shape index (κ1) is 19.2. The zero-order chi connectivity index (χ0) is 17.1. The van der Waals surface area contributed by atoms with E-state index in [2.05, 4.69) is 13.8 Å². The highest BCUT2D eigenvalue weighted by molar-refractivity contribution is 5.79. The molecule has 0 bridgehead atoms. The Kier molecular flexibility index (Phi) is 9.03. The van der Waals surface area contributed by atoms with E-state index >= 15 is 0 Å². The highest BCUT2D eigenvalue weighted by atomic mass is 16.5. The highest BCUT2D eigenvalue weighted by Gasteiger charge is 2.13. The number of hydrogen-bond donors (Lipinski definition) is 0. The van der Waals surface area contributed by atoms with Crippen molar-refractivity contribution in [3.05, 3.63) is 29.8 Å². The molecule has 0 aliphatic rings. The Morgan fingerprint density at radius 2 is 1.70 bits per heavy atom. The molecule has 128 valence electrons. The maximum Gasteiger partial charge on any atom is 0.311 e. The van der Waals surface area contributed by atoms with Crippen LogP contribution in [0.5, 0.6) is 5.75 Å². The van der Waals surface area contributed by atoms with Crippen molar-refractivity contribution in [2.24, 2.45) is 5.92 Å². The summed E-state index contributed by atoms with van der Waals surface area (Å²) in [5.74, 6) is 0.169. The van der Waals surface area contributed by atoms with Crippen LogP contribution in [0.1, 0.15) is 57.9 Å². The van der Waals surface area contributed by atoms with Gasteiger partial charge < -0.3 is 9.47 Å². The van der Waals surface area contributed by atoms with Gasteiger partial charge in [-0.1, -0.05) is 50.8 Å². The number of ether oxygens (including phenoxy) is 2. The third kappa shape index (κ3) is 8.38. The standard InChI is InChI=1S/C19H28O4/c1-4-6-7-16(5-2)14-22-18(20)12-13-19(21)23-17-10-8-15(3)9-11-17/h8-11,16H,4-7,12-14H2,1-3H3. The van der Waals surface area contributed by atoms with Crippen LogP contribution in [-0.2, 0) is 14.3 Å². The Balaban J connectivity index is 2.24. The molecule has 1 aromatic carbocycles. The Morgan fingerprint density at radius 3 is 2.30 bits per heavy atom. The molecular weight excluding hydrogens is 292 g/mol. The zero-order valence-corrected chi connectivity index (χ0v) is 14.5. The molecule has 1 unspecified atom stereocenters. The molecule has 4 nitrogen and oxygen atoms in total. The molecule has 0 aliphatic carbocycles. The van der Waals surface area contributed by atoms with Gasteiger partial charge in [0.25, 0.3) is 0 Å². The first-order chi connectivity index (χ1) is 11.0. The Hall–Kier alpha value is -1.84. The number of carbonyl (C=O) groups is 2. The van der Waals surface area contributed by atoms with Crippen molar-refractivity contribution in [1.29, 1.82) is 0 Å². The van der Waals surface area contributed by atoms with E-state index in [1.54, 1.807) is 12.1 Å². The van der Waals surface area contributed by atoms with E-state index in [-0.39, 0.29) is 18.8 Å². The average molecular weight is 320 g/mol. The second kappa shape index (κ2) is 10.8. The van der Waals surface area contributed by atoms with E-state index in [0.717, 1.165) is 31.2 Å². The van der Waals surface area contributed by atoms with Crippen LogP contribution in [0.25, 0.3) is 0 Å². The second-order valence-electron chi connectivity index (χ2n) is 5.89. The monoisotopic (exact) mass is 320 g/mol. The summed E-state index contributed by atoms with van der Waals surface area (Å²) in [7, 11) is 0. The minimum absolute atomic E-state index is 0.0401. The summed E-state index contributed by atoms with van der Waals surface area (Å²) in [6, 6.07) is 7.23. The Morgan fingerprint density at radius 1 is 1.04 bits per heavy atom. The molecule has 0 aliphatic heterocycles. The van der Waals surface area contributed by atoms with E-state index in [9.17, 15) is 9.59 Å². The fourth-order valence-electron chi connectivity index (χ4n) is 2.17. The van der Waals surface area contributed by atoms with Crippen molar-refractivity contribution in [3.8, 4) is 5.75 Å². The lowest BCUT2D eigenvalue weighted by Crippen LogP contribution is -2.16. The normalized spacial score (nSPS) is 11.8. The molecule has 1 atom stereocenters. The number of esters is 2. The van der Waals surface area contributed by atoms with Crippen molar-refractivity contribution in [2.75, 3.05) is 6.61 Å². The lowest BCUT2D eigenvalue weighted by Gasteiger charge is -2.14. The lowest BCUT2D eigenvalue weighted by molar-refractivity contribution is -0.148. The number of carbonyl (C=O) groups excluding carboxylic acids is 2. The summed E-state index contributed by atoms with van der Waals surface area (Å²) in [6.45, 7) is 6.67. The van der Waals surface area contributed by atoms with Gasteiger partial charge in [-0.05, 0) is 31.4 Å². The molecule has 0 saturated carbocycles. The smallest absolute Gasteiger partial charge is 0.311 e. The molecule has 0 saturated heterocycles. The summed E-state index contributed by atoms with van der Waals surface area (Å²) in [5, 5.41) is 0. The Labute approximate surface area is 139 Å². The van der Waals surface area contributed by atoms with Crippen LogP contribution in [-0.4, -0.2) is 18.5 Å². The topological polar surface area (TPSA) is 52.6 Å². The van der Waals surface area contributed by atoms with Gasteiger partial charge in [-0.15, -0.1) is 0 Å². The highest BCUT2D eigenvalue weighted by Crippen LogP contribution is 2.14. The van der Waals surface area contributed by atoms with Gasteiger partial charge in [-0.2, -0.15) is 0 Å². The molecule has 0 aromatic heterocycles. The van der Waals surface area contributed by atoms with Crippen molar-refractivity contribution in [3.63, 3.8) is 0 Å². The van der Waals surface area contributed by atoms with Crippen LogP contribution < -0.4 is 4.74 Å². The summed E-state index contributed by atoms with van der Waals surface area (Å²) in [5.41, 5.74) is 1.10. The van der Waals surface area contributed by atoms with Gasteiger partial charge in [0, 0.05) is 0 Å². The lowest BCUT2D eigenvalue weighted by atomic mass is 10.0. The zero-order valence-electron chi connectivity index (χ0n) is 14.5. The molecule has 23 heavy (non-hydrogen) atoms. The fourth-order valence-corrected chi connectivity index (χ4v) is 2.17. The van der Waals surface area contributed by atoms with Crippen LogP contribution >= 0.6 is 0 Å². The average Bonchev–Trinajstić information content (AvgIpc) is 2.55. The maximum absolute atomic E-state index is 11.7. The summed E-state index contributed by atoms with van der Waals surface area (Å²) < 4.78 is 10.4. The Bertz CT molecular complexity index is 479. The molecule has 1 rings (SSSR count). The van der Waals surface area contributed by atoms with Gasteiger partial charge in [0.05, 0.1) is 19.4 Å². The van der Waals surface area contributed by atoms with E-state index in [4.69, 9.17) is 9.47 Å². The van der Waals surface area contributed by atoms with Crippen LogP contribution in [0, 0.1) is 12.8 Å². The van der Waals surface area contributed by atoms with E-state index < -0.39 is 5.97 Å². The van der Waals surface area contributed by atoms with E-state index in [1.807, 2.05) is 19.1 Å². The van der Waals surface area contributed by atoms with Gasteiger partial charge in [-0.25, -0.2) is 0 Å². The molecule has 0 fully saturated rings. The number of hydrogen-bond acceptors (Lipinski definition) is 4. The molecular formula is C19H28O4. The largest absolute Gasteiger partial charge is 0.465 e. The minimum atomic E-state index is -0.413. The summed E-state index contributed by atoms with van der Waals surface area (Å²) in [4.78, 5) is 23.4. The molecule has 4 heteroatoms. The predicted octanol–water partition coefficient (Wildman–Crippen LogP) is 4.44. The van der Waals surface area contributed by atoms with E-state index in [1.165, 1.54) is 0 Å². The number of unbranched alkanes of at least 4 members (excludes halogenated alkanes) is 1. The number of benzene rings is 1. The van der Waals surface area contributed by atoms with Crippen LogP contribution in [0.15, 0.2) is 24.3 Å². The molecule has 0 heterocycles. The molecule has 0 radical (unpaired) electrons. The number of aryl methyl sites for hydroxylation is 1. The van der Waals surface area contributed by atoms with Crippen molar-refractivity contribution < 1.29 is 19.1 Å². The quantitative estimate of drug-likeness (QED) is 0.472. The molecule has 0 amide bonds. The van der Waals surface area contributed by atoms with Crippen LogP contribution in [0.2, 0.25) is 0 Å². The van der Waals surface area contributed by atoms with Crippen molar-refractivity contribution in [1.82, 2.24) is 0 Å². The van der Waals surface area contributed by atoms with Gasteiger partial charge in [0.15, 0.2) is 0 Å². The van der Waals surface area contributed by atoms with Gasteiger partial charge in [0.1, 0.15) is 5.75 Å². The van der Waals surface area contributed by atoms with Crippen LogP contribution in [0.4, 0.5) is 0 Å². The first-order valence-corrected chi connectivity index (χ1v) is 8.48. The summed E-state index contributed by atoms with van der Waals surface area (Å²) in [6.07, 6.45) is 4.49. The van der Waals surface area contributed by atoms with Gasteiger partial charge >= 0.3 is 11.9 Å². The molecule has 1 aromatic rings. The van der Waals surface area contributed by atoms with Gasteiger partial charge in [0.2, 0.25) is 0 Å². The first-order valence-electron chi connectivity index (χ1n) is 8.48. The van der Waals surface area contributed by atoms with E-state index in [0.29, 0.717) is 18.3 Å². The summed E-state index contributed by atoms with van der Waals surface area (Å²) >= 11 is 0. The van der Waals surface area contributed by atoms with Crippen molar-refractivity contribution in [2.45, 2.75) is 59.3 Å². The second-order valence-corrected chi connectivity index (χ2v) is 5.89. The fraction of sp³-hybridized carbons (Fsp3) is 0.579. The molecule has 0 N–H and O–H groups in total. The van der Waals surface area contributed by atoms with Crippen molar-refractivity contribution >= 4 is 11.9 Å². The molecule has 0 spiro atoms.